The maximum Gasteiger partial charge on any atom is 0.246 e. The van der Waals surface area contributed by atoms with Gasteiger partial charge in [0.05, 0.1) is 12.5 Å². The van der Waals surface area contributed by atoms with Crippen LogP contribution in [0.15, 0.2) is 28.8 Å². The summed E-state index contributed by atoms with van der Waals surface area (Å²) in [7, 11) is 1.64. The molecule has 4 bridgehead atoms. The van der Waals surface area contributed by atoms with Crippen molar-refractivity contribution < 1.29 is 14.1 Å². The highest BCUT2D eigenvalue weighted by Crippen LogP contribution is 2.60. The fraction of sp³-hybridized carbons (Fsp3) is 0.625. The highest BCUT2D eigenvalue weighted by molar-refractivity contribution is 5.83. The van der Waals surface area contributed by atoms with Gasteiger partial charge in [-0.3, -0.25) is 4.79 Å². The number of hydrogen-bond donors (Lipinski definition) is 0. The fourth-order valence-electron chi connectivity index (χ4n) is 6.49. The van der Waals surface area contributed by atoms with Crippen LogP contribution in [0.4, 0.5) is 0 Å². The standard InChI is InChI=1S/C24H31N3O3/c1-15(2)27(23(28)24-11-16-8-17(12-24)10-18(9-16)13-24)14-21-25-22(26-30-21)19-4-6-20(29-3)7-5-19/h4-7,15-18H,8-14H2,1-3H3. The molecule has 0 N–H and O–H groups in total. The van der Waals surface area contributed by atoms with E-state index < -0.39 is 0 Å². The van der Waals surface area contributed by atoms with E-state index in [2.05, 4.69) is 24.0 Å². The molecule has 1 heterocycles. The first-order valence-electron chi connectivity index (χ1n) is 11.2. The molecule has 2 aromatic rings. The van der Waals surface area contributed by atoms with Crippen molar-refractivity contribution in [2.24, 2.45) is 23.2 Å². The van der Waals surface area contributed by atoms with E-state index in [1.807, 2.05) is 29.2 Å². The lowest BCUT2D eigenvalue weighted by atomic mass is 9.49. The lowest BCUT2D eigenvalue weighted by Crippen LogP contribution is -2.55. The van der Waals surface area contributed by atoms with E-state index in [4.69, 9.17) is 9.26 Å². The number of nitrogens with zero attached hydrogens (tertiary/aromatic N) is 3. The number of aromatic nitrogens is 2. The van der Waals surface area contributed by atoms with Crippen molar-refractivity contribution in [1.82, 2.24) is 15.0 Å². The molecule has 0 unspecified atom stereocenters. The molecule has 30 heavy (non-hydrogen) atoms. The smallest absolute Gasteiger partial charge is 0.246 e. The van der Waals surface area contributed by atoms with Crippen molar-refractivity contribution in [3.63, 3.8) is 0 Å². The van der Waals surface area contributed by atoms with Crippen LogP contribution >= 0.6 is 0 Å². The van der Waals surface area contributed by atoms with Crippen molar-refractivity contribution in [2.45, 2.75) is 65.0 Å². The van der Waals surface area contributed by atoms with Gasteiger partial charge in [0.2, 0.25) is 17.6 Å². The summed E-state index contributed by atoms with van der Waals surface area (Å²) >= 11 is 0. The van der Waals surface area contributed by atoms with Gasteiger partial charge < -0.3 is 14.2 Å². The second-order valence-electron chi connectivity index (χ2n) is 9.96. The number of benzene rings is 1. The Labute approximate surface area is 178 Å². The summed E-state index contributed by atoms with van der Waals surface area (Å²) < 4.78 is 10.7. The van der Waals surface area contributed by atoms with Crippen LogP contribution in [-0.4, -0.2) is 34.1 Å². The predicted molar refractivity (Wildman–Crippen MR) is 113 cm³/mol. The van der Waals surface area contributed by atoms with Gasteiger partial charge in [-0.25, -0.2) is 0 Å². The molecule has 4 saturated carbocycles. The Morgan fingerprint density at radius 1 is 1.13 bits per heavy atom. The average Bonchev–Trinajstić information content (AvgIpc) is 3.19. The van der Waals surface area contributed by atoms with Crippen molar-refractivity contribution in [2.75, 3.05) is 7.11 Å². The van der Waals surface area contributed by atoms with E-state index in [0.29, 0.717) is 24.2 Å². The Kier molecular flexibility index (Phi) is 4.83. The third kappa shape index (κ3) is 3.40. The van der Waals surface area contributed by atoms with Crippen LogP contribution in [0.1, 0.15) is 58.3 Å². The Morgan fingerprint density at radius 3 is 2.27 bits per heavy atom. The minimum atomic E-state index is -0.155. The topological polar surface area (TPSA) is 68.5 Å². The van der Waals surface area contributed by atoms with E-state index in [1.54, 1.807) is 7.11 Å². The molecule has 0 atom stereocenters. The second kappa shape index (κ2) is 7.40. The largest absolute Gasteiger partial charge is 0.497 e. The van der Waals surface area contributed by atoms with Crippen LogP contribution in [-0.2, 0) is 11.3 Å². The summed E-state index contributed by atoms with van der Waals surface area (Å²) in [4.78, 5) is 20.4. The molecule has 0 saturated heterocycles. The zero-order valence-corrected chi connectivity index (χ0v) is 18.1. The van der Waals surface area contributed by atoms with Crippen LogP contribution in [0.3, 0.4) is 0 Å². The first-order valence-corrected chi connectivity index (χ1v) is 11.2. The second-order valence-corrected chi connectivity index (χ2v) is 9.96. The third-order valence-corrected chi connectivity index (χ3v) is 7.50. The molecule has 4 aliphatic carbocycles. The molecule has 1 amide bonds. The zero-order valence-electron chi connectivity index (χ0n) is 18.1. The predicted octanol–water partition coefficient (Wildman–Crippen LogP) is 4.70. The first-order chi connectivity index (χ1) is 14.5. The Morgan fingerprint density at radius 2 is 1.73 bits per heavy atom. The number of hydrogen-bond acceptors (Lipinski definition) is 5. The first kappa shape index (κ1) is 19.6. The number of carbonyl (C=O) groups is 1. The fourth-order valence-corrected chi connectivity index (χ4v) is 6.49. The third-order valence-electron chi connectivity index (χ3n) is 7.50. The molecule has 0 aliphatic heterocycles. The van der Waals surface area contributed by atoms with Gasteiger partial charge in [-0.15, -0.1) is 0 Å². The molecule has 6 heteroatoms. The van der Waals surface area contributed by atoms with Gasteiger partial charge in [-0.1, -0.05) is 5.16 Å². The van der Waals surface area contributed by atoms with Crippen LogP contribution in [0.5, 0.6) is 5.75 Å². The summed E-state index contributed by atoms with van der Waals surface area (Å²) in [6, 6.07) is 7.68. The number of amides is 1. The molecular formula is C24H31N3O3. The van der Waals surface area contributed by atoms with E-state index in [1.165, 1.54) is 19.3 Å². The van der Waals surface area contributed by atoms with Gasteiger partial charge in [0.15, 0.2) is 0 Å². The molecule has 4 fully saturated rings. The van der Waals surface area contributed by atoms with Crippen LogP contribution in [0.25, 0.3) is 11.4 Å². The van der Waals surface area contributed by atoms with Crippen molar-refractivity contribution in [1.29, 1.82) is 0 Å². The minimum Gasteiger partial charge on any atom is -0.497 e. The summed E-state index contributed by atoms with van der Waals surface area (Å²) in [5, 5.41) is 4.14. The molecule has 0 radical (unpaired) electrons. The van der Waals surface area contributed by atoms with E-state index >= 15 is 0 Å². The Bertz CT molecular complexity index is 883. The quantitative estimate of drug-likeness (QED) is 0.692. The maximum atomic E-state index is 13.8. The number of rotatable bonds is 6. The van der Waals surface area contributed by atoms with Gasteiger partial charge >= 0.3 is 0 Å². The Hall–Kier alpha value is -2.37. The SMILES string of the molecule is COc1ccc(-c2noc(CN(C(=O)C34CC5CC(CC(C5)C3)C4)C(C)C)n2)cc1. The van der Waals surface area contributed by atoms with Gasteiger partial charge in [-0.05, 0) is 94.4 Å². The van der Waals surface area contributed by atoms with Gasteiger partial charge in [-0.2, -0.15) is 4.98 Å². The molecule has 160 valence electrons. The van der Waals surface area contributed by atoms with E-state index in [9.17, 15) is 4.79 Å². The monoisotopic (exact) mass is 409 g/mol. The van der Waals surface area contributed by atoms with Gasteiger partial charge in [0.1, 0.15) is 12.3 Å². The van der Waals surface area contributed by atoms with Crippen LogP contribution in [0.2, 0.25) is 0 Å². The van der Waals surface area contributed by atoms with E-state index in [-0.39, 0.29) is 11.5 Å². The zero-order chi connectivity index (χ0) is 20.9. The molecule has 1 aromatic carbocycles. The molecule has 6 rings (SSSR count). The minimum absolute atomic E-state index is 0.0989. The lowest BCUT2D eigenvalue weighted by Gasteiger charge is -2.56. The summed E-state index contributed by atoms with van der Waals surface area (Å²) in [6.45, 7) is 4.54. The number of ether oxygens (including phenoxy) is 1. The average molecular weight is 410 g/mol. The number of methoxy groups -OCH3 is 1. The maximum absolute atomic E-state index is 13.8. The molecular weight excluding hydrogens is 378 g/mol. The van der Waals surface area contributed by atoms with Gasteiger partial charge in [0, 0.05) is 11.6 Å². The van der Waals surface area contributed by atoms with Crippen molar-refractivity contribution >= 4 is 5.91 Å². The normalized spacial score (nSPS) is 29.4. The lowest BCUT2D eigenvalue weighted by molar-refractivity contribution is -0.160. The highest BCUT2D eigenvalue weighted by Gasteiger charge is 2.55. The molecule has 4 aliphatic rings. The van der Waals surface area contributed by atoms with E-state index in [0.717, 1.165) is 48.3 Å². The van der Waals surface area contributed by atoms with Crippen molar-refractivity contribution in [3.05, 3.63) is 30.2 Å². The molecule has 0 spiro atoms. The summed E-state index contributed by atoms with van der Waals surface area (Å²) in [5.41, 5.74) is 0.715. The summed E-state index contributed by atoms with van der Waals surface area (Å²) in [6.07, 6.45) is 7.22. The van der Waals surface area contributed by atoms with Crippen molar-refractivity contribution in [3.8, 4) is 17.1 Å². The van der Waals surface area contributed by atoms with Crippen LogP contribution < -0.4 is 4.74 Å². The highest BCUT2D eigenvalue weighted by atomic mass is 16.5. The molecule has 1 aromatic heterocycles. The van der Waals surface area contributed by atoms with Gasteiger partial charge in [0.25, 0.3) is 0 Å². The molecule has 6 nitrogen and oxygen atoms in total. The van der Waals surface area contributed by atoms with Crippen LogP contribution in [0, 0.1) is 23.2 Å². The summed E-state index contributed by atoms with van der Waals surface area (Å²) in [5.74, 6) is 4.37. The number of carbonyl (C=O) groups excluding carboxylic acids is 1. The Balaban J connectivity index is 1.34.